The second kappa shape index (κ2) is 13.7. The Morgan fingerprint density at radius 1 is 1.19 bits per heavy atom. The Balaban J connectivity index is 0.00000186. The van der Waals surface area contributed by atoms with Crippen molar-refractivity contribution in [3.8, 4) is 11.1 Å². The summed E-state index contributed by atoms with van der Waals surface area (Å²) in [7, 11) is 3.26. The number of aromatic carboxylic acids is 1. The molecular formula is C28H33IN4O3S. The number of carboxylic acid groups (broad SMARTS) is 1. The second-order valence-corrected chi connectivity index (χ2v) is 9.73. The fraction of sp³-hybridized carbons (Fsp3) is 0.321. The minimum absolute atomic E-state index is 0.189. The van der Waals surface area contributed by atoms with Gasteiger partial charge in [0.05, 0.1) is 12.9 Å². The average molecular weight is 633 g/mol. The van der Waals surface area contributed by atoms with Crippen molar-refractivity contribution in [1.82, 2.24) is 13.9 Å². The van der Waals surface area contributed by atoms with Crippen LogP contribution in [0, 0.1) is 0 Å². The van der Waals surface area contributed by atoms with Gasteiger partial charge in [-0.1, -0.05) is 32.1 Å². The highest BCUT2D eigenvalue weighted by Crippen LogP contribution is 2.36. The largest absolute Gasteiger partial charge is 0.501 e. The van der Waals surface area contributed by atoms with Crippen molar-refractivity contribution in [3.05, 3.63) is 71.9 Å². The summed E-state index contributed by atoms with van der Waals surface area (Å²) in [6.07, 6.45) is 15.5. The molecular weight excluding hydrogens is 599 g/mol. The Labute approximate surface area is 235 Å². The lowest BCUT2D eigenvalue weighted by Gasteiger charge is -2.21. The third kappa shape index (κ3) is 6.38. The number of carbonyl (C=O) groups is 1. The van der Waals surface area contributed by atoms with Gasteiger partial charge in [0, 0.05) is 90.5 Å². The highest BCUT2D eigenvalue weighted by atomic mass is 127. The molecule has 0 aromatic carbocycles. The van der Waals surface area contributed by atoms with Gasteiger partial charge in [0.2, 0.25) is 0 Å². The molecule has 0 bridgehead atoms. The molecule has 0 saturated heterocycles. The number of halogens is 1. The number of rotatable bonds is 8. The summed E-state index contributed by atoms with van der Waals surface area (Å²) in [5.41, 5.74) is 4.78. The van der Waals surface area contributed by atoms with Gasteiger partial charge in [-0.25, -0.2) is 14.8 Å². The molecule has 0 spiro atoms. The number of fused-ring (bicyclic) bond motifs is 1. The van der Waals surface area contributed by atoms with Gasteiger partial charge in [-0.05, 0) is 44.1 Å². The van der Waals surface area contributed by atoms with Gasteiger partial charge in [0.25, 0.3) is 0 Å². The summed E-state index contributed by atoms with van der Waals surface area (Å²) in [6, 6.07) is 3.76. The number of pyridine rings is 2. The lowest BCUT2D eigenvalue weighted by atomic mass is 9.98. The summed E-state index contributed by atoms with van der Waals surface area (Å²) in [6.45, 7) is 9.35. The molecule has 7 nitrogen and oxygen atoms in total. The fourth-order valence-corrected chi connectivity index (χ4v) is 5.47. The van der Waals surface area contributed by atoms with E-state index < -0.39 is 5.97 Å². The first-order valence-corrected chi connectivity index (χ1v) is 15.7. The van der Waals surface area contributed by atoms with Crippen molar-refractivity contribution < 1.29 is 14.6 Å². The van der Waals surface area contributed by atoms with Crippen LogP contribution in [0.15, 0.2) is 60.8 Å². The van der Waals surface area contributed by atoms with E-state index in [4.69, 9.17) is 9.72 Å². The van der Waals surface area contributed by atoms with E-state index in [1.165, 1.54) is 0 Å². The molecule has 0 radical (unpaired) electrons. The van der Waals surface area contributed by atoms with Crippen molar-refractivity contribution in [1.29, 1.82) is 0 Å². The van der Waals surface area contributed by atoms with Gasteiger partial charge in [0.15, 0.2) is 5.65 Å². The molecule has 196 valence electrons. The van der Waals surface area contributed by atoms with Crippen LogP contribution >= 0.6 is 30.3 Å². The molecule has 1 N–H and O–H groups in total. The first kappa shape index (κ1) is 28.8. The second-order valence-electron chi connectivity index (χ2n) is 8.01. The number of nitrogens with zero attached hydrogens (tertiary/aromatic N) is 4. The van der Waals surface area contributed by atoms with E-state index in [1.54, 1.807) is 34.7 Å². The Hall–Kier alpha value is -2.79. The maximum Gasteiger partial charge on any atom is 0.339 e. The van der Waals surface area contributed by atoms with E-state index in [0.29, 0.717) is 25.3 Å². The molecule has 1 aliphatic rings. The summed E-state index contributed by atoms with van der Waals surface area (Å²) < 4.78 is 7.63. The van der Waals surface area contributed by atoms with Gasteiger partial charge in [-0.3, -0.25) is 3.97 Å². The van der Waals surface area contributed by atoms with Gasteiger partial charge in [-0.2, -0.15) is 0 Å². The number of anilines is 1. The standard InChI is InChI=1S/C26H27IN4O3S.C2H6/c1-4-30(5-2)24-22(26(32)33)13-19(14-28-24)18-12-21-23(16-31(35-27)25(21)29-15-18)17-9-7-6-8-10-20(11-17)34-3;1-2/h6-7,9-10,12-16H,4-5,8,11H2,1-3H3,(H,32,33);1-2H3/b7-6?,17-9+,20-10+;. The van der Waals surface area contributed by atoms with Crippen molar-refractivity contribution in [2.45, 2.75) is 40.5 Å². The van der Waals surface area contributed by atoms with Crippen molar-refractivity contribution in [2.75, 3.05) is 25.1 Å². The topological polar surface area (TPSA) is 80.5 Å². The smallest absolute Gasteiger partial charge is 0.339 e. The van der Waals surface area contributed by atoms with E-state index in [-0.39, 0.29) is 5.56 Å². The minimum atomic E-state index is -0.992. The number of hydrogen-bond donors (Lipinski definition) is 1. The quantitative estimate of drug-likeness (QED) is 0.254. The number of allylic oxidation sites excluding steroid dienone is 5. The highest BCUT2D eigenvalue weighted by Gasteiger charge is 2.20. The summed E-state index contributed by atoms with van der Waals surface area (Å²) >= 11 is 2.25. The van der Waals surface area contributed by atoms with Crippen LogP contribution in [-0.4, -0.2) is 45.2 Å². The summed E-state index contributed by atoms with van der Waals surface area (Å²) in [4.78, 5) is 23.3. The molecule has 3 heterocycles. The Bertz CT molecular complexity index is 1340. The molecule has 37 heavy (non-hydrogen) atoms. The minimum Gasteiger partial charge on any atom is -0.501 e. The lowest BCUT2D eigenvalue weighted by Crippen LogP contribution is -2.25. The van der Waals surface area contributed by atoms with Crippen LogP contribution in [0.5, 0.6) is 0 Å². The molecule has 3 aromatic rings. The van der Waals surface area contributed by atoms with Crippen molar-refractivity contribution >= 4 is 58.7 Å². The van der Waals surface area contributed by atoms with Crippen molar-refractivity contribution in [2.24, 2.45) is 0 Å². The lowest BCUT2D eigenvalue weighted by molar-refractivity contribution is 0.0697. The SMILES string of the molecule is CC.CCN(CC)c1ncc(-c2cnc3c(c2)c(/C2=C/C=CC/C=C(/OC)C2)cn3SI)cc1C(=O)O. The molecule has 1 aliphatic carbocycles. The predicted octanol–water partition coefficient (Wildman–Crippen LogP) is 7.78. The Morgan fingerprint density at radius 2 is 1.89 bits per heavy atom. The van der Waals surface area contributed by atoms with E-state index in [0.717, 1.165) is 45.5 Å². The molecule has 0 aliphatic heterocycles. The number of hydrogen-bond acceptors (Lipinski definition) is 6. The van der Waals surface area contributed by atoms with Crippen LogP contribution in [-0.2, 0) is 4.74 Å². The maximum atomic E-state index is 12.1. The molecule has 0 unspecified atom stereocenters. The first-order chi connectivity index (χ1) is 18.0. The molecule has 4 rings (SSSR count). The molecule has 0 amide bonds. The van der Waals surface area contributed by atoms with E-state index >= 15 is 0 Å². The van der Waals surface area contributed by atoms with Crippen LogP contribution < -0.4 is 4.90 Å². The number of methoxy groups -OCH3 is 1. The zero-order chi connectivity index (χ0) is 26.9. The fourth-order valence-electron chi connectivity index (χ4n) is 4.22. The first-order valence-electron chi connectivity index (χ1n) is 12.4. The van der Waals surface area contributed by atoms with E-state index in [9.17, 15) is 9.90 Å². The predicted molar refractivity (Wildman–Crippen MR) is 163 cm³/mol. The number of aromatic nitrogens is 3. The number of ether oxygens (including phenoxy) is 1. The van der Waals surface area contributed by atoms with Crippen LogP contribution in [0.25, 0.3) is 27.7 Å². The monoisotopic (exact) mass is 632 g/mol. The normalized spacial score (nSPS) is 15.9. The zero-order valence-electron chi connectivity index (χ0n) is 21.9. The van der Waals surface area contributed by atoms with Crippen LogP contribution in [0.1, 0.15) is 56.5 Å². The molecule has 9 heteroatoms. The van der Waals surface area contributed by atoms with Crippen LogP contribution in [0.2, 0.25) is 0 Å². The Morgan fingerprint density at radius 3 is 2.54 bits per heavy atom. The Kier molecular flexibility index (Phi) is 10.6. The van der Waals surface area contributed by atoms with E-state index in [2.05, 4.69) is 62.8 Å². The van der Waals surface area contributed by atoms with Gasteiger partial charge in [-0.15, -0.1) is 0 Å². The zero-order valence-corrected chi connectivity index (χ0v) is 24.8. The summed E-state index contributed by atoms with van der Waals surface area (Å²) in [5.74, 6) is 0.419. The van der Waals surface area contributed by atoms with Crippen LogP contribution in [0.3, 0.4) is 0 Å². The number of carboxylic acids is 1. The van der Waals surface area contributed by atoms with Gasteiger partial charge < -0.3 is 14.7 Å². The molecule has 3 aromatic heterocycles. The van der Waals surface area contributed by atoms with Gasteiger partial charge >= 0.3 is 5.97 Å². The maximum absolute atomic E-state index is 12.1. The van der Waals surface area contributed by atoms with Crippen LogP contribution in [0.4, 0.5) is 5.82 Å². The molecule has 0 atom stereocenters. The average Bonchev–Trinajstić information content (AvgIpc) is 3.28. The van der Waals surface area contributed by atoms with Crippen molar-refractivity contribution in [3.63, 3.8) is 0 Å². The summed E-state index contributed by atoms with van der Waals surface area (Å²) in [5, 5.41) is 10.9. The third-order valence-electron chi connectivity index (χ3n) is 6.07. The third-order valence-corrected chi connectivity index (χ3v) is 7.77. The van der Waals surface area contributed by atoms with Gasteiger partial charge in [0.1, 0.15) is 11.4 Å². The highest BCUT2D eigenvalue weighted by molar-refractivity contribution is 14.2. The molecule has 0 saturated carbocycles. The molecule has 0 fully saturated rings. The van der Waals surface area contributed by atoms with E-state index in [1.807, 2.05) is 36.6 Å².